The van der Waals surface area contributed by atoms with E-state index in [1.807, 2.05) is 43.1 Å². The van der Waals surface area contributed by atoms with E-state index < -0.39 is 0 Å². The van der Waals surface area contributed by atoms with Gasteiger partial charge in [-0.1, -0.05) is 6.07 Å². The lowest BCUT2D eigenvalue weighted by Crippen LogP contribution is -2.13. The van der Waals surface area contributed by atoms with Crippen LogP contribution < -0.4 is 10.1 Å². The van der Waals surface area contributed by atoms with Crippen molar-refractivity contribution in [1.82, 2.24) is 9.55 Å². The van der Waals surface area contributed by atoms with E-state index in [1.165, 1.54) is 0 Å². The molecule has 110 valence electrons. The van der Waals surface area contributed by atoms with Gasteiger partial charge in [-0.3, -0.25) is 4.79 Å². The fourth-order valence-electron chi connectivity index (χ4n) is 2.30. The highest BCUT2D eigenvalue weighted by atomic mass is 32.2. The third kappa shape index (κ3) is 2.90. The summed E-state index contributed by atoms with van der Waals surface area (Å²) < 4.78 is 7.33. The molecule has 0 spiro atoms. The molecular weight excluding hydrogens is 286 g/mol. The lowest BCUT2D eigenvalue weighted by Gasteiger charge is -2.11. The number of hydrogen-bond donors (Lipinski definition) is 1. The molecular formula is C15H17N3O2S. The van der Waals surface area contributed by atoms with Crippen molar-refractivity contribution in [2.24, 2.45) is 0 Å². The number of nitrogens with one attached hydrogen (secondary N) is 1. The third-order valence-electron chi connectivity index (χ3n) is 3.40. The van der Waals surface area contributed by atoms with Crippen molar-refractivity contribution >= 4 is 23.4 Å². The molecule has 0 saturated carbocycles. The summed E-state index contributed by atoms with van der Waals surface area (Å²) >= 11 is 1.84. The van der Waals surface area contributed by atoms with Gasteiger partial charge in [0.15, 0.2) is 0 Å². The van der Waals surface area contributed by atoms with Crippen molar-refractivity contribution in [2.75, 3.05) is 18.2 Å². The van der Waals surface area contributed by atoms with Gasteiger partial charge in [0, 0.05) is 18.5 Å². The maximum atomic E-state index is 12.4. The zero-order valence-electron chi connectivity index (χ0n) is 12.0. The molecule has 0 atom stereocenters. The van der Waals surface area contributed by atoms with Crippen LogP contribution in [0.1, 0.15) is 21.9 Å². The van der Waals surface area contributed by atoms with Crippen LogP contribution in [-0.2, 0) is 12.3 Å². The van der Waals surface area contributed by atoms with Crippen molar-refractivity contribution in [3.8, 4) is 5.75 Å². The molecule has 0 fully saturated rings. The average Bonchev–Trinajstić information content (AvgIpc) is 2.91. The first kappa shape index (κ1) is 14.0. The Balaban J connectivity index is 1.83. The monoisotopic (exact) mass is 303 g/mol. The Morgan fingerprint density at radius 2 is 2.33 bits per heavy atom. The van der Waals surface area contributed by atoms with E-state index in [2.05, 4.69) is 14.9 Å². The molecule has 0 aliphatic carbocycles. The van der Waals surface area contributed by atoms with E-state index in [0.29, 0.717) is 17.1 Å². The van der Waals surface area contributed by atoms with Crippen LogP contribution >= 0.6 is 11.8 Å². The van der Waals surface area contributed by atoms with Gasteiger partial charge in [0.25, 0.3) is 5.91 Å². The Labute approximate surface area is 127 Å². The van der Waals surface area contributed by atoms with Crippen LogP contribution in [0.5, 0.6) is 5.75 Å². The fraction of sp³-hybridized carbons (Fsp3) is 0.333. The zero-order chi connectivity index (χ0) is 14.8. The molecule has 0 saturated heterocycles. The minimum absolute atomic E-state index is 0.203. The quantitative estimate of drug-likeness (QED) is 0.947. The Morgan fingerprint density at radius 1 is 1.48 bits per heavy atom. The molecule has 1 aliphatic rings. The number of benzene rings is 1. The normalized spacial score (nSPS) is 13.6. The molecule has 1 N–H and O–H groups in total. The van der Waals surface area contributed by atoms with Gasteiger partial charge in [-0.15, -0.1) is 0 Å². The maximum absolute atomic E-state index is 12.4. The summed E-state index contributed by atoms with van der Waals surface area (Å²) in [6.45, 7) is 2.88. The molecule has 0 radical (unpaired) electrons. The Morgan fingerprint density at radius 3 is 3.10 bits per heavy atom. The van der Waals surface area contributed by atoms with Crippen LogP contribution in [0.3, 0.4) is 0 Å². The van der Waals surface area contributed by atoms with Crippen LogP contribution in [0, 0.1) is 6.92 Å². The number of ether oxygens (including phenoxy) is 1. The summed E-state index contributed by atoms with van der Waals surface area (Å²) in [5, 5.41) is 2.88. The number of imidazole rings is 1. The first-order valence-electron chi connectivity index (χ1n) is 6.77. The van der Waals surface area contributed by atoms with Gasteiger partial charge in [-0.25, -0.2) is 4.98 Å². The van der Waals surface area contributed by atoms with Crippen LogP contribution in [0.15, 0.2) is 24.4 Å². The van der Waals surface area contributed by atoms with Crippen LogP contribution in [0.4, 0.5) is 5.69 Å². The predicted octanol–water partition coefficient (Wildman–Crippen LogP) is 2.70. The number of nitrogens with zero attached hydrogens (tertiary/aromatic N) is 2. The second-order valence-electron chi connectivity index (χ2n) is 4.95. The summed E-state index contributed by atoms with van der Waals surface area (Å²) in [6, 6.07) is 5.68. The van der Waals surface area contributed by atoms with Crippen LogP contribution in [-0.4, -0.2) is 28.3 Å². The molecule has 2 aromatic rings. The largest absolute Gasteiger partial charge is 0.495 e. The van der Waals surface area contributed by atoms with E-state index in [1.54, 1.807) is 7.11 Å². The lowest BCUT2D eigenvalue weighted by atomic mass is 10.2. The SMILES string of the molecule is COc1ccc(C)cc1NC(=O)c1cn2c(n1)CSCC2. The number of aromatic nitrogens is 2. The van der Waals surface area contributed by atoms with Gasteiger partial charge in [0.05, 0.1) is 18.6 Å². The van der Waals surface area contributed by atoms with Gasteiger partial charge >= 0.3 is 0 Å². The van der Waals surface area contributed by atoms with Gasteiger partial charge in [-0.05, 0) is 24.6 Å². The molecule has 1 aromatic carbocycles. The number of carbonyl (C=O) groups excluding carboxylic acids is 1. The second kappa shape index (κ2) is 5.81. The number of methoxy groups -OCH3 is 1. The summed E-state index contributed by atoms with van der Waals surface area (Å²) in [4.78, 5) is 16.8. The molecule has 2 heterocycles. The number of hydrogen-bond acceptors (Lipinski definition) is 4. The highest BCUT2D eigenvalue weighted by molar-refractivity contribution is 7.98. The van der Waals surface area contributed by atoms with Gasteiger partial charge in [0.2, 0.25) is 0 Å². The van der Waals surface area contributed by atoms with E-state index in [0.717, 1.165) is 29.4 Å². The highest BCUT2D eigenvalue weighted by Crippen LogP contribution is 2.26. The summed E-state index contributed by atoms with van der Waals surface area (Å²) in [5.74, 6) is 3.34. The number of rotatable bonds is 3. The first-order chi connectivity index (χ1) is 10.2. The number of anilines is 1. The third-order valence-corrected chi connectivity index (χ3v) is 4.34. The van der Waals surface area contributed by atoms with E-state index in [4.69, 9.17) is 4.74 Å². The standard InChI is InChI=1S/C15H17N3O2S/c1-10-3-4-13(20-2)11(7-10)17-15(19)12-8-18-5-6-21-9-14(18)16-12/h3-4,7-8H,5-6,9H2,1-2H3,(H,17,19). The molecule has 1 aromatic heterocycles. The summed E-state index contributed by atoms with van der Waals surface area (Å²) in [7, 11) is 1.59. The number of aryl methyl sites for hydroxylation is 2. The number of thioether (sulfide) groups is 1. The zero-order valence-corrected chi connectivity index (χ0v) is 12.9. The molecule has 1 amide bonds. The average molecular weight is 303 g/mol. The molecule has 21 heavy (non-hydrogen) atoms. The number of carbonyl (C=O) groups is 1. The maximum Gasteiger partial charge on any atom is 0.275 e. The van der Waals surface area contributed by atoms with E-state index in [9.17, 15) is 4.79 Å². The number of amides is 1. The fourth-order valence-corrected chi connectivity index (χ4v) is 3.19. The summed E-state index contributed by atoms with van der Waals surface area (Å²) in [6.07, 6.45) is 1.83. The van der Waals surface area contributed by atoms with Crippen molar-refractivity contribution in [3.05, 3.63) is 41.5 Å². The smallest absolute Gasteiger partial charge is 0.275 e. The van der Waals surface area contributed by atoms with Crippen LogP contribution in [0.25, 0.3) is 0 Å². The number of fused-ring (bicyclic) bond motifs is 1. The Bertz CT molecular complexity index is 658. The Kier molecular flexibility index (Phi) is 3.88. The van der Waals surface area contributed by atoms with E-state index in [-0.39, 0.29) is 5.91 Å². The van der Waals surface area contributed by atoms with Crippen molar-refractivity contribution in [1.29, 1.82) is 0 Å². The predicted molar refractivity (Wildman–Crippen MR) is 84.1 cm³/mol. The van der Waals surface area contributed by atoms with Gasteiger partial charge < -0.3 is 14.6 Å². The first-order valence-corrected chi connectivity index (χ1v) is 7.92. The van der Waals surface area contributed by atoms with Crippen molar-refractivity contribution < 1.29 is 9.53 Å². The Hall–Kier alpha value is -1.95. The van der Waals surface area contributed by atoms with Crippen molar-refractivity contribution in [2.45, 2.75) is 19.2 Å². The lowest BCUT2D eigenvalue weighted by molar-refractivity contribution is 0.102. The molecule has 0 bridgehead atoms. The molecule has 0 unspecified atom stereocenters. The topological polar surface area (TPSA) is 56.1 Å². The minimum atomic E-state index is -0.203. The molecule has 5 nitrogen and oxygen atoms in total. The summed E-state index contributed by atoms with van der Waals surface area (Å²) in [5.41, 5.74) is 2.19. The van der Waals surface area contributed by atoms with E-state index >= 15 is 0 Å². The van der Waals surface area contributed by atoms with Crippen LogP contribution in [0.2, 0.25) is 0 Å². The molecule has 6 heteroatoms. The highest BCUT2D eigenvalue weighted by Gasteiger charge is 2.18. The second-order valence-corrected chi connectivity index (χ2v) is 6.05. The van der Waals surface area contributed by atoms with Gasteiger partial charge in [0.1, 0.15) is 17.3 Å². The molecule has 3 rings (SSSR count). The minimum Gasteiger partial charge on any atom is -0.495 e. The van der Waals surface area contributed by atoms with Gasteiger partial charge in [-0.2, -0.15) is 11.8 Å². The van der Waals surface area contributed by atoms with Crippen molar-refractivity contribution in [3.63, 3.8) is 0 Å². The molecule has 1 aliphatic heterocycles.